The van der Waals surface area contributed by atoms with Crippen molar-refractivity contribution in [1.29, 1.82) is 0 Å². The normalized spacial score (nSPS) is 15.0. The van der Waals surface area contributed by atoms with E-state index < -0.39 is 0 Å². The van der Waals surface area contributed by atoms with E-state index in [0.29, 0.717) is 23.9 Å². The molecule has 0 bridgehead atoms. The van der Waals surface area contributed by atoms with Gasteiger partial charge in [-0.25, -0.2) is 0 Å². The Morgan fingerprint density at radius 2 is 1.38 bits per heavy atom. The predicted molar refractivity (Wildman–Crippen MR) is 90.1 cm³/mol. The van der Waals surface area contributed by atoms with E-state index in [-0.39, 0.29) is 360 Å². The number of nitrogens with zero attached hydrogens (tertiary/aromatic N) is 1. The maximum atomic E-state index is 7.87. The zero-order valence-corrected chi connectivity index (χ0v) is 50.8. The van der Waals surface area contributed by atoms with Gasteiger partial charge in [-0.2, -0.15) is 36.6 Å². The van der Waals surface area contributed by atoms with Gasteiger partial charge in [0.1, 0.15) is 0 Å². The molecule has 11 radical (unpaired) electrons. The third-order valence-corrected chi connectivity index (χ3v) is 4.81. The molecule has 1 nitrogen and oxygen atoms in total. The standard InChI is InChI=1S/C20H23N.11Y/c1-5-14(2)17-9-8-10-18(13-17)21-16(4)15(3)19-11-6-7-12-20(19)21;;;;;;;;;;;/h5-12,14-16H,1-4H3;;;;;;;;;;;/q-2;;;;;;;;;;;/t14-,15-,16+;;;;;;;;;;;/m1.........../s1/i6T;;;;;;;;;;;. The summed E-state index contributed by atoms with van der Waals surface area (Å²) < 4.78 is 7.87. The van der Waals surface area contributed by atoms with Crippen molar-refractivity contribution >= 4 is 11.4 Å². The van der Waals surface area contributed by atoms with Crippen molar-refractivity contribution in [3.8, 4) is 0 Å². The van der Waals surface area contributed by atoms with Gasteiger partial charge >= 0.3 is 0 Å². The number of fused-ring (bicyclic) bond motifs is 1. The van der Waals surface area contributed by atoms with Crippen molar-refractivity contribution in [3.05, 3.63) is 66.1 Å². The fourth-order valence-corrected chi connectivity index (χ4v) is 3.13. The molecular formula is C20H23NY11-2. The minimum Gasteiger partial charge on any atom is -0.361 e. The third-order valence-electron chi connectivity index (χ3n) is 4.81. The molecule has 0 spiro atoms. The fourth-order valence-electron chi connectivity index (χ4n) is 3.13. The first kappa shape index (κ1) is 61.4. The molecule has 1 heterocycles. The number of anilines is 2. The van der Waals surface area contributed by atoms with Crippen LogP contribution in [0.3, 0.4) is 0 Å². The third kappa shape index (κ3) is 19.0. The van der Waals surface area contributed by atoms with Crippen LogP contribution < -0.4 is 4.90 Å². The van der Waals surface area contributed by atoms with Crippen LogP contribution in [0.25, 0.3) is 0 Å². The Hall–Kier alpha value is 10.4. The zero-order chi connectivity index (χ0) is 15.9. The Morgan fingerprint density at radius 3 is 1.88 bits per heavy atom. The summed E-state index contributed by atoms with van der Waals surface area (Å²) in [4.78, 5) is 2.37. The molecule has 0 unspecified atom stereocenters. The Balaban J connectivity index is -0.0000000748. The van der Waals surface area contributed by atoms with E-state index in [4.69, 9.17) is 1.37 Å². The predicted octanol–water partition coefficient (Wildman–Crippen LogP) is 5.43. The summed E-state index contributed by atoms with van der Waals surface area (Å²) in [5.41, 5.74) is 4.85. The first-order chi connectivity index (χ1) is 10.5. The minimum atomic E-state index is 0. The Labute approximate surface area is 475 Å². The molecule has 0 aliphatic carbocycles. The Kier molecular flexibility index (Phi) is 68.8. The van der Waals surface area contributed by atoms with Gasteiger partial charge in [0, 0.05) is 377 Å². The maximum Gasteiger partial charge on any atom is 0.0623 e. The van der Waals surface area contributed by atoms with Crippen LogP contribution in [-0.2, 0) is 360 Å². The van der Waals surface area contributed by atoms with Crippen LogP contribution in [0, 0.1) is 12.5 Å². The number of hydrogen-bond donors (Lipinski definition) is 0. The summed E-state index contributed by atoms with van der Waals surface area (Å²) in [7, 11) is 0. The first-order valence-electron chi connectivity index (χ1n) is 8.24. The number of rotatable bonds is 3. The second kappa shape index (κ2) is 35.9. The van der Waals surface area contributed by atoms with E-state index >= 15 is 0 Å². The largest absolute Gasteiger partial charge is 0.361 e. The second-order valence-corrected chi connectivity index (χ2v) is 6.00. The van der Waals surface area contributed by atoms with Crippen LogP contribution in [0.5, 0.6) is 0 Å². The van der Waals surface area contributed by atoms with E-state index in [1.54, 1.807) is 0 Å². The van der Waals surface area contributed by atoms with E-state index in [0.717, 1.165) is 5.69 Å². The molecule has 0 amide bonds. The van der Waals surface area contributed by atoms with Gasteiger partial charge in [0.2, 0.25) is 0 Å². The SMILES string of the molecule is [3H]c1ccc2c(c1)[C@H](C)[C@H](C)N2c1[c-]c([C@H](C)[CH-]C)ccc1.[Y].[Y].[Y].[Y].[Y].[Y].[Y].[Y].[Y].[Y].[Y]. The van der Waals surface area contributed by atoms with Crippen LogP contribution in [0.2, 0.25) is 0 Å². The monoisotopic (exact) mass is 1260 g/mol. The van der Waals surface area contributed by atoms with Gasteiger partial charge in [-0.05, 0) is 18.6 Å². The van der Waals surface area contributed by atoms with Crippen LogP contribution >= 0.6 is 0 Å². The molecule has 3 atom stereocenters. The van der Waals surface area contributed by atoms with E-state index in [1.807, 2.05) is 12.1 Å². The van der Waals surface area contributed by atoms with Gasteiger partial charge in [-0.1, -0.05) is 37.7 Å². The van der Waals surface area contributed by atoms with Gasteiger partial charge in [0.05, 0.1) is 1.37 Å². The molecule has 1 aliphatic heterocycles. The summed E-state index contributed by atoms with van der Waals surface area (Å²) >= 11 is 0. The van der Waals surface area contributed by atoms with Crippen molar-refractivity contribution < 1.29 is 361 Å². The number of benzene rings is 2. The number of para-hydroxylation sites is 1. The van der Waals surface area contributed by atoms with Crippen molar-refractivity contribution in [2.24, 2.45) is 0 Å². The van der Waals surface area contributed by atoms with E-state index in [2.05, 4.69) is 69.3 Å². The van der Waals surface area contributed by atoms with Crippen molar-refractivity contribution in [1.82, 2.24) is 0 Å². The van der Waals surface area contributed by atoms with Crippen LogP contribution in [0.4, 0.5) is 11.4 Å². The second-order valence-electron chi connectivity index (χ2n) is 6.00. The zero-order valence-electron chi connectivity index (χ0n) is 20.6. The van der Waals surface area contributed by atoms with Crippen LogP contribution in [0.15, 0.2) is 42.4 Å². The molecule has 0 N–H and O–H groups in total. The molecule has 3 rings (SSSR count). The average molecular weight is 1260 g/mol. The molecule has 2 aromatic carbocycles. The molecule has 0 saturated heterocycles. The van der Waals surface area contributed by atoms with Crippen LogP contribution in [0.1, 0.15) is 52.0 Å². The van der Waals surface area contributed by atoms with Crippen molar-refractivity contribution in [2.45, 2.75) is 45.6 Å². The smallest absolute Gasteiger partial charge is 0.0623 e. The molecule has 143 valence electrons. The molecule has 1 aliphatic rings. The minimum absolute atomic E-state index is 0. The maximum absolute atomic E-state index is 7.87. The van der Waals surface area contributed by atoms with E-state index in [1.165, 1.54) is 16.8 Å². The summed E-state index contributed by atoms with van der Waals surface area (Å²) in [6, 6.07) is 16.9. The van der Waals surface area contributed by atoms with Gasteiger partial charge in [0.15, 0.2) is 0 Å². The topological polar surface area (TPSA) is 3.24 Å². The molecule has 32 heavy (non-hydrogen) atoms. The fraction of sp³-hybridized carbons (Fsp3) is 0.350. The van der Waals surface area contributed by atoms with Gasteiger partial charge in [-0.15, -0.1) is 6.07 Å². The first-order valence-corrected chi connectivity index (χ1v) is 7.74. The average Bonchev–Trinajstić information content (AvgIpc) is 2.78. The molecule has 12 heteroatoms. The molecular weight excluding hydrogens is 1230 g/mol. The van der Waals surface area contributed by atoms with Crippen molar-refractivity contribution in [3.63, 3.8) is 0 Å². The molecule has 0 saturated carbocycles. The Bertz CT molecular complexity index is 709. The molecule has 0 fully saturated rings. The van der Waals surface area contributed by atoms with Gasteiger partial charge in [0.25, 0.3) is 0 Å². The van der Waals surface area contributed by atoms with E-state index in [9.17, 15) is 0 Å². The Morgan fingerprint density at radius 1 is 0.844 bits per heavy atom. The van der Waals surface area contributed by atoms with Gasteiger partial charge < -0.3 is 11.3 Å². The summed E-state index contributed by atoms with van der Waals surface area (Å²) in [6.07, 6.45) is 2.20. The quantitative estimate of drug-likeness (QED) is 0.372. The number of hydrogen-bond acceptors (Lipinski definition) is 1. The van der Waals surface area contributed by atoms with Crippen LogP contribution in [-0.4, -0.2) is 6.04 Å². The molecule has 0 aromatic heterocycles. The van der Waals surface area contributed by atoms with Crippen molar-refractivity contribution in [2.75, 3.05) is 4.90 Å². The summed E-state index contributed by atoms with van der Waals surface area (Å²) in [6.45, 7) is 8.79. The van der Waals surface area contributed by atoms with Gasteiger partial charge in [-0.3, -0.25) is 0 Å². The summed E-state index contributed by atoms with van der Waals surface area (Å²) in [5.74, 6) is 0.831. The molecule has 2 aromatic rings. The summed E-state index contributed by atoms with van der Waals surface area (Å²) in [5, 5.41) is 0.